The molecule has 1 N–H and O–H groups in total. The molecule has 0 radical (unpaired) electrons. The largest absolute Gasteiger partial charge is 0.496 e. The molecule has 0 bridgehead atoms. The summed E-state index contributed by atoms with van der Waals surface area (Å²) in [6, 6.07) is 18.1. The van der Waals surface area contributed by atoms with Crippen molar-refractivity contribution in [1.82, 2.24) is 15.2 Å². The van der Waals surface area contributed by atoms with Gasteiger partial charge in [-0.2, -0.15) is 13.2 Å². The molecule has 1 aliphatic rings. The third kappa shape index (κ3) is 6.19. The van der Waals surface area contributed by atoms with Gasteiger partial charge < -0.3 is 10.1 Å². The van der Waals surface area contributed by atoms with Gasteiger partial charge >= 0.3 is 6.18 Å². The number of alkyl halides is 3. The first-order valence-electron chi connectivity index (χ1n) is 11.6. The number of rotatable bonds is 7. The number of halogens is 3. The minimum Gasteiger partial charge on any atom is -0.496 e. The molecule has 2 heterocycles. The van der Waals surface area contributed by atoms with Crippen LogP contribution < -0.4 is 10.1 Å². The van der Waals surface area contributed by atoms with Crippen molar-refractivity contribution in [2.75, 3.05) is 20.2 Å². The van der Waals surface area contributed by atoms with Gasteiger partial charge in [-0.25, -0.2) is 0 Å². The molecule has 1 saturated heterocycles. The van der Waals surface area contributed by atoms with Crippen molar-refractivity contribution in [3.63, 3.8) is 0 Å². The van der Waals surface area contributed by atoms with Gasteiger partial charge in [0, 0.05) is 24.2 Å². The number of methoxy groups -OCH3 is 1. The Kier molecular flexibility index (Phi) is 7.70. The normalized spacial score (nSPS) is 16.0. The van der Waals surface area contributed by atoms with E-state index in [1.54, 1.807) is 19.4 Å². The molecule has 0 aliphatic carbocycles. The van der Waals surface area contributed by atoms with Gasteiger partial charge in [-0.3, -0.25) is 14.7 Å². The molecule has 8 heteroatoms. The Hall–Kier alpha value is -3.39. The lowest BCUT2D eigenvalue weighted by Gasteiger charge is -2.32. The van der Waals surface area contributed by atoms with E-state index in [0.29, 0.717) is 49.5 Å². The van der Waals surface area contributed by atoms with Gasteiger partial charge in [-0.1, -0.05) is 42.5 Å². The van der Waals surface area contributed by atoms with Crippen LogP contribution in [0.2, 0.25) is 0 Å². The number of hydrogen-bond acceptors (Lipinski definition) is 4. The Bertz CT molecular complexity index is 1130. The van der Waals surface area contributed by atoms with E-state index in [0.717, 1.165) is 11.6 Å². The van der Waals surface area contributed by atoms with Crippen LogP contribution in [0.3, 0.4) is 0 Å². The number of carbonyl (C=O) groups excluding carboxylic acids is 1. The van der Waals surface area contributed by atoms with Crippen LogP contribution in [-0.2, 0) is 17.5 Å². The van der Waals surface area contributed by atoms with E-state index in [1.165, 1.54) is 12.1 Å². The number of amides is 1. The fourth-order valence-corrected chi connectivity index (χ4v) is 4.48. The molecule has 1 aliphatic heterocycles. The van der Waals surface area contributed by atoms with E-state index in [4.69, 9.17) is 4.74 Å². The van der Waals surface area contributed by atoms with Gasteiger partial charge in [0.25, 0.3) is 0 Å². The molecule has 1 unspecified atom stereocenters. The molecule has 1 amide bonds. The molecular weight excluding hydrogens is 455 g/mol. The lowest BCUT2D eigenvalue weighted by atomic mass is 9.94. The van der Waals surface area contributed by atoms with E-state index in [9.17, 15) is 18.0 Å². The standard InChI is InChI=1S/C27H28F3N3O2/c1-35-24-11-3-2-9-22(24)25(23-10-4-5-14-31-23)32-26(34)20-12-15-33(16-13-20)18-19-7-6-8-21(17-19)27(28,29)30/h2-11,14,17,20,25H,12-13,15-16,18H2,1H3,(H,32,34). The molecule has 0 spiro atoms. The summed E-state index contributed by atoms with van der Waals surface area (Å²) in [5.41, 5.74) is 1.52. The summed E-state index contributed by atoms with van der Waals surface area (Å²) in [5, 5.41) is 3.16. The van der Waals surface area contributed by atoms with Gasteiger partial charge in [0.15, 0.2) is 0 Å². The molecule has 1 atom stereocenters. The lowest BCUT2D eigenvalue weighted by Crippen LogP contribution is -2.41. The summed E-state index contributed by atoms with van der Waals surface area (Å²) in [6.45, 7) is 1.70. The van der Waals surface area contributed by atoms with Gasteiger partial charge in [0.1, 0.15) is 5.75 Å². The zero-order valence-corrected chi connectivity index (χ0v) is 19.5. The Morgan fingerprint density at radius 3 is 2.51 bits per heavy atom. The predicted molar refractivity (Wildman–Crippen MR) is 127 cm³/mol. The summed E-state index contributed by atoms with van der Waals surface area (Å²) >= 11 is 0. The molecule has 0 saturated carbocycles. The molecule has 35 heavy (non-hydrogen) atoms. The van der Waals surface area contributed by atoms with Crippen LogP contribution in [0.25, 0.3) is 0 Å². The summed E-state index contributed by atoms with van der Waals surface area (Å²) < 4.78 is 44.6. The quantitative estimate of drug-likeness (QED) is 0.500. The fourth-order valence-electron chi connectivity index (χ4n) is 4.48. The maximum atomic E-state index is 13.3. The third-order valence-electron chi connectivity index (χ3n) is 6.34. The topological polar surface area (TPSA) is 54.5 Å². The number of aromatic nitrogens is 1. The molecule has 2 aromatic carbocycles. The minimum atomic E-state index is -4.35. The van der Waals surface area contributed by atoms with Gasteiger partial charge in [0.2, 0.25) is 5.91 Å². The van der Waals surface area contributed by atoms with E-state index < -0.39 is 17.8 Å². The predicted octanol–water partition coefficient (Wildman–Crippen LogP) is 5.23. The first-order chi connectivity index (χ1) is 16.8. The molecule has 4 rings (SSSR count). The van der Waals surface area contributed by atoms with E-state index in [1.807, 2.05) is 42.5 Å². The first-order valence-corrected chi connectivity index (χ1v) is 11.6. The van der Waals surface area contributed by atoms with Crippen molar-refractivity contribution in [3.05, 3.63) is 95.3 Å². The van der Waals surface area contributed by atoms with Crippen molar-refractivity contribution in [1.29, 1.82) is 0 Å². The minimum absolute atomic E-state index is 0.0646. The summed E-state index contributed by atoms with van der Waals surface area (Å²) in [7, 11) is 1.59. The van der Waals surface area contributed by atoms with Crippen molar-refractivity contribution >= 4 is 5.91 Å². The number of piperidine rings is 1. The molecule has 3 aromatic rings. The molecule has 1 aromatic heterocycles. The second-order valence-electron chi connectivity index (χ2n) is 8.69. The van der Waals surface area contributed by atoms with Crippen LogP contribution in [0.5, 0.6) is 5.75 Å². The number of carbonyl (C=O) groups is 1. The van der Waals surface area contributed by atoms with Crippen molar-refractivity contribution in [2.45, 2.75) is 31.6 Å². The zero-order valence-electron chi connectivity index (χ0n) is 19.5. The highest BCUT2D eigenvalue weighted by atomic mass is 19.4. The van der Waals surface area contributed by atoms with Crippen LogP contribution >= 0.6 is 0 Å². The van der Waals surface area contributed by atoms with Crippen LogP contribution in [0.1, 0.15) is 41.3 Å². The van der Waals surface area contributed by atoms with Gasteiger partial charge in [-0.15, -0.1) is 0 Å². The Balaban J connectivity index is 1.41. The van der Waals surface area contributed by atoms with E-state index in [-0.39, 0.29) is 11.8 Å². The SMILES string of the molecule is COc1ccccc1C(NC(=O)C1CCN(Cc2cccc(C(F)(F)F)c2)CC1)c1ccccn1. The second kappa shape index (κ2) is 10.9. The molecule has 5 nitrogen and oxygen atoms in total. The average molecular weight is 484 g/mol. The number of nitrogens with zero attached hydrogens (tertiary/aromatic N) is 2. The van der Waals surface area contributed by atoms with Crippen molar-refractivity contribution in [3.8, 4) is 5.75 Å². The lowest BCUT2D eigenvalue weighted by molar-refractivity contribution is -0.137. The average Bonchev–Trinajstić information content (AvgIpc) is 2.88. The smallest absolute Gasteiger partial charge is 0.416 e. The number of ether oxygens (including phenoxy) is 1. The number of nitrogens with one attached hydrogen (secondary N) is 1. The summed E-state index contributed by atoms with van der Waals surface area (Å²) in [5.74, 6) is 0.415. The highest BCUT2D eigenvalue weighted by molar-refractivity contribution is 5.79. The highest BCUT2D eigenvalue weighted by Gasteiger charge is 2.31. The van der Waals surface area contributed by atoms with Crippen LogP contribution in [0.4, 0.5) is 13.2 Å². The van der Waals surface area contributed by atoms with Gasteiger partial charge in [-0.05, 0) is 55.8 Å². The number of pyridine rings is 1. The number of hydrogen-bond donors (Lipinski definition) is 1. The molecule has 184 valence electrons. The molecule has 1 fully saturated rings. The maximum Gasteiger partial charge on any atom is 0.416 e. The maximum absolute atomic E-state index is 13.3. The van der Waals surface area contributed by atoms with Crippen molar-refractivity contribution in [2.24, 2.45) is 5.92 Å². The number of para-hydroxylation sites is 1. The monoisotopic (exact) mass is 483 g/mol. The fraction of sp³-hybridized carbons (Fsp3) is 0.333. The third-order valence-corrected chi connectivity index (χ3v) is 6.34. The van der Waals surface area contributed by atoms with Gasteiger partial charge in [0.05, 0.1) is 24.4 Å². The van der Waals surface area contributed by atoms with E-state index in [2.05, 4.69) is 15.2 Å². The molecular formula is C27H28F3N3O2. The van der Waals surface area contributed by atoms with Crippen molar-refractivity contribution < 1.29 is 22.7 Å². The van der Waals surface area contributed by atoms with Crippen LogP contribution in [-0.4, -0.2) is 36.0 Å². The Morgan fingerprint density at radius 2 is 1.83 bits per heavy atom. The number of benzene rings is 2. The van der Waals surface area contributed by atoms with E-state index >= 15 is 0 Å². The summed E-state index contributed by atoms with van der Waals surface area (Å²) in [4.78, 5) is 19.8. The number of likely N-dealkylation sites (tertiary alicyclic amines) is 1. The zero-order chi connectivity index (χ0) is 24.8. The second-order valence-corrected chi connectivity index (χ2v) is 8.69. The van der Waals surface area contributed by atoms with Crippen LogP contribution in [0.15, 0.2) is 72.9 Å². The first kappa shape index (κ1) is 24.7. The van der Waals surface area contributed by atoms with Crippen LogP contribution in [0, 0.1) is 5.92 Å². The Morgan fingerprint density at radius 1 is 1.09 bits per heavy atom. The summed E-state index contributed by atoms with van der Waals surface area (Å²) in [6.07, 6.45) is -1.40. The highest BCUT2D eigenvalue weighted by Crippen LogP contribution is 2.31. The Labute approximate surface area is 202 Å².